The first-order valence-electron chi connectivity index (χ1n) is 15.2. The summed E-state index contributed by atoms with van der Waals surface area (Å²) in [6.07, 6.45) is 18.6. The first-order chi connectivity index (χ1) is 18.6. The van der Waals surface area contributed by atoms with Gasteiger partial charge in [-0.15, -0.1) is 0 Å². The fourth-order valence-electron chi connectivity index (χ4n) is 4.17. The Morgan fingerprint density at radius 3 is 1.92 bits per heavy atom. The van der Waals surface area contributed by atoms with Crippen molar-refractivity contribution in [2.45, 2.75) is 129 Å². The third kappa shape index (κ3) is 22.6. The van der Waals surface area contributed by atoms with Gasteiger partial charge in [-0.3, -0.25) is 9.59 Å². The lowest BCUT2D eigenvalue weighted by Crippen LogP contribution is -2.55. The van der Waals surface area contributed by atoms with Gasteiger partial charge in [-0.25, -0.2) is 0 Å². The zero-order chi connectivity index (χ0) is 29.4. The van der Waals surface area contributed by atoms with Crippen LogP contribution in [-0.2, 0) is 28.6 Å². The van der Waals surface area contributed by atoms with Crippen LogP contribution in [-0.4, -0.2) is 75.5 Å². The number of rotatable bonds is 26. The van der Waals surface area contributed by atoms with Gasteiger partial charge in [-0.2, -0.15) is 0 Å². The number of ether oxygens (including phenoxy) is 3. The van der Waals surface area contributed by atoms with Gasteiger partial charge in [0.05, 0.1) is 40.3 Å². The molecule has 0 radical (unpaired) electrons. The maximum absolute atomic E-state index is 12.4. The van der Waals surface area contributed by atoms with Crippen LogP contribution in [0.4, 0.5) is 0 Å². The minimum Gasteiger partial charge on any atom is -0.544 e. The van der Waals surface area contributed by atoms with Crippen LogP contribution in [0.2, 0.25) is 0 Å². The molecule has 0 aliphatic heterocycles. The third-order valence-electron chi connectivity index (χ3n) is 6.65. The van der Waals surface area contributed by atoms with Crippen molar-refractivity contribution in [2.24, 2.45) is 0 Å². The van der Waals surface area contributed by atoms with Gasteiger partial charge in [-0.1, -0.05) is 77.4 Å². The summed E-state index contributed by atoms with van der Waals surface area (Å²) in [6.45, 7) is 4.45. The van der Waals surface area contributed by atoms with E-state index in [2.05, 4.69) is 26.0 Å². The largest absolute Gasteiger partial charge is 0.544 e. The molecular weight excluding hydrogens is 498 g/mol. The molecule has 228 valence electrons. The number of hydrogen-bond donors (Lipinski definition) is 0. The second-order valence-corrected chi connectivity index (χ2v) is 11.3. The quantitative estimate of drug-likeness (QED) is 0.0632. The number of carboxylic acids is 1. The number of quaternary nitrogens is 1. The molecular formula is C31H57NO7. The van der Waals surface area contributed by atoms with E-state index in [-0.39, 0.29) is 42.7 Å². The van der Waals surface area contributed by atoms with Gasteiger partial charge < -0.3 is 28.6 Å². The number of nitrogens with zero attached hydrogens (tertiary/aromatic N) is 1. The molecule has 0 aliphatic carbocycles. The summed E-state index contributed by atoms with van der Waals surface area (Å²) in [5, 5.41) is 11.5. The first kappa shape index (κ1) is 37.1. The molecule has 0 fully saturated rings. The SMILES string of the molecule is CCCC/C=C\CCCCCCCC(=O)OC(COCCC(C(=O)[O-])[N+](C)(C)C)COC(=O)CCCCCC. The monoisotopic (exact) mass is 555 g/mol. The highest BCUT2D eigenvalue weighted by Gasteiger charge is 2.25. The fraction of sp³-hybridized carbons (Fsp3) is 0.839. The second-order valence-electron chi connectivity index (χ2n) is 11.3. The van der Waals surface area contributed by atoms with Gasteiger partial charge in [0.2, 0.25) is 0 Å². The number of carbonyl (C=O) groups is 3. The average Bonchev–Trinajstić information content (AvgIpc) is 2.87. The second kappa shape index (κ2) is 23.9. The average molecular weight is 556 g/mol. The van der Waals surface area contributed by atoms with Crippen LogP contribution in [0.1, 0.15) is 117 Å². The molecule has 8 heteroatoms. The molecule has 0 saturated carbocycles. The summed E-state index contributed by atoms with van der Waals surface area (Å²) in [7, 11) is 5.37. The minimum absolute atomic E-state index is 0.0392. The van der Waals surface area contributed by atoms with Crippen LogP contribution in [0.5, 0.6) is 0 Å². The van der Waals surface area contributed by atoms with E-state index in [1.807, 2.05) is 0 Å². The molecule has 0 aromatic carbocycles. The number of esters is 2. The van der Waals surface area contributed by atoms with Crippen LogP contribution in [0.15, 0.2) is 12.2 Å². The Morgan fingerprint density at radius 1 is 0.744 bits per heavy atom. The van der Waals surface area contributed by atoms with Crippen molar-refractivity contribution in [3.63, 3.8) is 0 Å². The third-order valence-corrected chi connectivity index (χ3v) is 6.65. The Kier molecular flexibility index (Phi) is 22.7. The molecule has 0 aromatic heterocycles. The Bertz CT molecular complexity index is 672. The maximum Gasteiger partial charge on any atom is 0.306 e. The number of carbonyl (C=O) groups excluding carboxylic acids is 3. The van der Waals surface area contributed by atoms with E-state index in [9.17, 15) is 19.5 Å². The highest BCUT2D eigenvalue weighted by atomic mass is 16.6. The molecule has 0 spiro atoms. The Balaban J connectivity index is 4.47. The van der Waals surface area contributed by atoms with Gasteiger partial charge >= 0.3 is 11.9 Å². The topological polar surface area (TPSA) is 102 Å². The first-order valence-corrected chi connectivity index (χ1v) is 15.2. The number of likely N-dealkylation sites (N-methyl/N-ethyl adjacent to an activating group) is 1. The van der Waals surface area contributed by atoms with E-state index in [1.54, 1.807) is 21.1 Å². The van der Waals surface area contributed by atoms with Gasteiger partial charge in [-0.05, 0) is 32.1 Å². The van der Waals surface area contributed by atoms with Crippen LogP contribution >= 0.6 is 0 Å². The summed E-state index contributed by atoms with van der Waals surface area (Å²) in [6, 6.07) is -0.718. The van der Waals surface area contributed by atoms with Crippen molar-refractivity contribution in [2.75, 3.05) is 41.0 Å². The predicted molar refractivity (Wildman–Crippen MR) is 153 cm³/mol. The zero-order valence-corrected chi connectivity index (χ0v) is 25.5. The lowest BCUT2D eigenvalue weighted by Gasteiger charge is -2.34. The summed E-state index contributed by atoms with van der Waals surface area (Å²) < 4.78 is 16.8. The number of carboxylic acid groups (broad SMARTS) is 1. The normalized spacial score (nSPS) is 13.4. The van der Waals surface area contributed by atoms with Crippen LogP contribution in [0.3, 0.4) is 0 Å². The molecule has 0 N–H and O–H groups in total. The van der Waals surface area contributed by atoms with Crippen LogP contribution < -0.4 is 5.11 Å². The van der Waals surface area contributed by atoms with Gasteiger partial charge in [0, 0.05) is 19.3 Å². The number of allylic oxidation sites excluding steroid dienone is 2. The Labute approximate surface area is 238 Å². The van der Waals surface area contributed by atoms with E-state index >= 15 is 0 Å². The smallest absolute Gasteiger partial charge is 0.306 e. The van der Waals surface area contributed by atoms with E-state index in [0.29, 0.717) is 12.8 Å². The van der Waals surface area contributed by atoms with E-state index < -0.39 is 18.1 Å². The minimum atomic E-state index is -1.13. The molecule has 39 heavy (non-hydrogen) atoms. The Morgan fingerprint density at radius 2 is 1.31 bits per heavy atom. The molecule has 0 aliphatic rings. The lowest BCUT2D eigenvalue weighted by atomic mass is 10.1. The molecule has 2 unspecified atom stereocenters. The number of unbranched alkanes of at least 4 members (excludes halogenated alkanes) is 10. The summed E-state index contributed by atoms with van der Waals surface area (Å²) >= 11 is 0. The van der Waals surface area contributed by atoms with E-state index in [0.717, 1.165) is 57.8 Å². The highest BCUT2D eigenvalue weighted by Crippen LogP contribution is 2.11. The predicted octanol–water partition coefficient (Wildman–Crippen LogP) is 5.12. The number of hydrogen-bond acceptors (Lipinski definition) is 7. The standard InChI is InChI=1S/C31H57NO7/c1-6-8-10-12-13-14-15-16-17-18-20-22-30(34)39-27(26-38-29(33)21-19-11-9-7-2)25-37-24-23-28(31(35)36)32(3,4)5/h12-13,27-28H,6-11,14-26H2,1-5H3/b13-12-. The van der Waals surface area contributed by atoms with Crippen molar-refractivity contribution in [1.29, 1.82) is 0 Å². The maximum atomic E-state index is 12.4. The molecule has 0 bridgehead atoms. The highest BCUT2D eigenvalue weighted by molar-refractivity contribution is 5.70. The molecule has 0 aromatic rings. The number of aliphatic carboxylic acids is 1. The lowest BCUT2D eigenvalue weighted by molar-refractivity contribution is -0.889. The van der Waals surface area contributed by atoms with Crippen LogP contribution in [0.25, 0.3) is 0 Å². The summed E-state index contributed by atoms with van der Waals surface area (Å²) in [5.41, 5.74) is 0. The zero-order valence-electron chi connectivity index (χ0n) is 25.5. The summed E-state index contributed by atoms with van der Waals surface area (Å²) in [4.78, 5) is 36.0. The van der Waals surface area contributed by atoms with Gasteiger partial charge in [0.25, 0.3) is 0 Å². The van der Waals surface area contributed by atoms with Gasteiger partial charge in [0.15, 0.2) is 6.10 Å². The molecule has 0 saturated heterocycles. The molecule has 2 atom stereocenters. The van der Waals surface area contributed by atoms with E-state index in [4.69, 9.17) is 14.2 Å². The molecule has 8 nitrogen and oxygen atoms in total. The molecule has 0 amide bonds. The van der Waals surface area contributed by atoms with Crippen molar-refractivity contribution >= 4 is 17.9 Å². The fourth-order valence-corrected chi connectivity index (χ4v) is 4.17. The Hall–Kier alpha value is -1.93. The van der Waals surface area contributed by atoms with Crippen LogP contribution in [0, 0.1) is 0 Å². The van der Waals surface area contributed by atoms with Crippen molar-refractivity contribution in [3.8, 4) is 0 Å². The van der Waals surface area contributed by atoms with Crippen molar-refractivity contribution < 1.29 is 38.2 Å². The van der Waals surface area contributed by atoms with Crippen molar-refractivity contribution in [1.82, 2.24) is 0 Å². The molecule has 0 heterocycles. The van der Waals surface area contributed by atoms with Gasteiger partial charge in [0.1, 0.15) is 12.6 Å². The molecule has 0 rings (SSSR count). The van der Waals surface area contributed by atoms with E-state index in [1.165, 1.54) is 25.7 Å². The summed E-state index contributed by atoms with van der Waals surface area (Å²) in [5.74, 6) is -1.77. The van der Waals surface area contributed by atoms with Crippen molar-refractivity contribution in [3.05, 3.63) is 12.2 Å².